The molecule has 0 aromatic carbocycles. The molecule has 14 heteroatoms. The molecule has 0 spiro atoms. The van der Waals surface area contributed by atoms with Crippen LogP contribution in [0.5, 0.6) is 0 Å². The fourth-order valence-corrected chi connectivity index (χ4v) is 7.70. The smallest absolute Gasteiger partial charge is 0.306 e. The van der Waals surface area contributed by atoms with E-state index >= 15 is 0 Å². The lowest BCUT2D eigenvalue weighted by molar-refractivity contribution is -0.332. The number of esters is 1. The summed E-state index contributed by atoms with van der Waals surface area (Å²) in [4.78, 5) is 12.9. The lowest BCUT2D eigenvalue weighted by Crippen LogP contribution is -2.61. The molecule has 14 nitrogen and oxygen atoms in total. The molecular weight excluding hydrogens is 764 g/mol. The number of rotatable bonds is 37. The van der Waals surface area contributed by atoms with Gasteiger partial charge in [0.25, 0.3) is 0 Å². The summed E-state index contributed by atoms with van der Waals surface area (Å²) in [5.41, 5.74) is 0. The molecule has 0 amide bonds. The van der Waals surface area contributed by atoms with Crippen LogP contribution in [0.4, 0.5) is 0 Å². The topological polar surface area (TPSA) is 214 Å². The predicted molar refractivity (Wildman–Crippen MR) is 224 cm³/mol. The van der Waals surface area contributed by atoms with E-state index in [4.69, 9.17) is 28.4 Å². The summed E-state index contributed by atoms with van der Waals surface area (Å²) in [5, 5.41) is 71.8. The summed E-state index contributed by atoms with van der Waals surface area (Å²) in [6, 6.07) is 0. The van der Waals surface area contributed by atoms with Crippen LogP contribution in [0, 0.1) is 0 Å². The highest BCUT2D eigenvalue weighted by atomic mass is 16.7. The molecule has 0 aromatic heterocycles. The second kappa shape index (κ2) is 34.5. The first-order valence-electron chi connectivity index (χ1n) is 23.6. The Morgan fingerprint density at radius 3 is 1.37 bits per heavy atom. The molecule has 350 valence electrons. The first-order valence-corrected chi connectivity index (χ1v) is 23.6. The molecule has 0 aromatic rings. The van der Waals surface area contributed by atoms with Gasteiger partial charge in [0, 0.05) is 13.0 Å². The number of unbranched alkanes of at least 4 members (excludes halogenated alkanes) is 23. The lowest BCUT2D eigenvalue weighted by Gasteiger charge is -2.42. The molecule has 2 aliphatic rings. The number of hydrogen-bond acceptors (Lipinski definition) is 14. The van der Waals surface area contributed by atoms with Crippen molar-refractivity contribution in [2.75, 3.05) is 33.0 Å². The molecule has 2 fully saturated rings. The van der Waals surface area contributed by atoms with E-state index in [1.807, 2.05) is 0 Å². The number of aliphatic hydroxyl groups excluding tert-OH is 7. The van der Waals surface area contributed by atoms with E-state index in [0.717, 1.165) is 38.5 Å². The first-order chi connectivity index (χ1) is 28.6. The van der Waals surface area contributed by atoms with Crippen LogP contribution in [0.25, 0.3) is 0 Å². The van der Waals surface area contributed by atoms with Crippen LogP contribution in [-0.4, -0.2) is 142 Å². The Morgan fingerprint density at radius 1 is 0.492 bits per heavy atom. The summed E-state index contributed by atoms with van der Waals surface area (Å²) in [7, 11) is 0. The maximum atomic E-state index is 12.9. The predicted octanol–water partition coefficient (Wildman–Crippen LogP) is 5.74. The van der Waals surface area contributed by atoms with Gasteiger partial charge in [-0.05, 0) is 12.8 Å². The standard InChI is InChI=1S/C45H86O14/c1-3-5-7-9-11-13-14-15-16-17-18-19-20-21-22-24-26-28-37(47)57-34(31-54-29-27-25-23-12-10-8-6-4-2)32-55-44-43(53)41(51)39(49)36(59-44)33-56-45-42(52)40(50)38(48)35(30-46)58-45/h34-36,38-46,48-53H,3-33H2,1-2H3. The SMILES string of the molecule is CCCCCCCCCCCCCCCCCCCC(=O)OC(COCCCCCCCCCC)COC1OC(COC2OC(CO)C(O)C(O)C2O)C(O)C(O)C1O. The molecule has 7 N–H and O–H groups in total. The third-order valence-corrected chi connectivity index (χ3v) is 11.6. The molecule has 2 aliphatic heterocycles. The van der Waals surface area contributed by atoms with E-state index in [1.54, 1.807) is 0 Å². The van der Waals surface area contributed by atoms with Gasteiger partial charge in [-0.1, -0.05) is 162 Å². The van der Waals surface area contributed by atoms with Crippen LogP contribution in [0.15, 0.2) is 0 Å². The molecule has 0 saturated carbocycles. The Bertz CT molecular complexity index is 990. The molecule has 0 bridgehead atoms. The third kappa shape index (κ3) is 23.3. The molecule has 59 heavy (non-hydrogen) atoms. The Balaban J connectivity index is 1.76. The number of carbonyl (C=O) groups is 1. The molecule has 0 aliphatic carbocycles. The van der Waals surface area contributed by atoms with Gasteiger partial charge in [-0.2, -0.15) is 0 Å². The van der Waals surface area contributed by atoms with E-state index in [2.05, 4.69) is 13.8 Å². The van der Waals surface area contributed by atoms with Crippen molar-refractivity contribution in [2.24, 2.45) is 0 Å². The van der Waals surface area contributed by atoms with Crippen LogP contribution in [0.2, 0.25) is 0 Å². The van der Waals surface area contributed by atoms with Gasteiger partial charge in [-0.25, -0.2) is 0 Å². The second-order valence-electron chi connectivity index (χ2n) is 16.9. The van der Waals surface area contributed by atoms with E-state index in [0.29, 0.717) is 13.0 Å². The summed E-state index contributed by atoms with van der Waals surface area (Å²) < 4.78 is 34.1. The zero-order valence-corrected chi connectivity index (χ0v) is 36.8. The second-order valence-corrected chi connectivity index (χ2v) is 16.9. The van der Waals surface area contributed by atoms with E-state index < -0.39 is 80.7 Å². The Morgan fingerprint density at radius 2 is 0.898 bits per heavy atom. The molecular formula is C45H86O14. The van der Waals surface area contributed by atoms with Crippen LogP contribution in [-0.2, 0) is 33.2 Å². The van der Waals surface area contributed by atoms with Gasteiger partial charge < -0.3 is 64.2 Å². The van der Waals surface area contributed by atoms with Gasteiger partial charge in [-0.15, -0.1) is 0 Å². The van der Waals surface area contributed by atoms with E-state index in [9.17, 15) is 40.5 Å². The number of aliphatic hydroxyl groups is 7. The summed E-state index contributed by atoms with van der Waals surface area (Å²) >= 11 is 0. The molecule has 11 atom stereocenters. The van der Waals surface area contributed by atoms with Crippen molar-refractivity contribution in [3.8, 4) is 0 Å². The van der Waals surface area contributed by atoms with Crippen molar-refractivity contribution in [1.29, 1.82) is 0 Å². The van der Waals surface area contributed by atoms with Gasteiger partial charge in [0.2, 0.25) is 0 Å². The van der Waals surface area contributed by atoms with Crippen LogP contribution < -0.4 is 0 Å². The molecule has 0 radical (unpaired) electrons. The minimum Gasteiger partial charge on any atom is -0.457 e. The monoisotopic (exact) mass is 851 g/mol. The summed E-state index contributed by atoms with van der Waals surface area (Å²) in [5.74, 6) is -0.374. The molecule has 2 heterocycles. The van der Waals surface area contributed by atoms with E-state index in [-0.39, 0.29) is 25.6 Å². The maximum Gasteiger partial charge on any atom is 0.306 e. The van der Waals surface area contributed by atoms with Gasteiger partial charge in [0.15, 0.2) is 12.6 Å². The van der Waals surface area contributed by atoms with Crippen molar-refractivity contribution in [3.05, 3.63) is 0 Å². The van der Waals surface area contributed by atoms with Crippen molar-refractivity contribution in [1.82, 2.24) is 0 Å². The quantitative estimate of drug-likeness (QED) is 0.0294. The number of carbonyl (C=O) groups excluding carboxylic acids is 1. The minimum atomic E-state index is -1.70. The van der Waals surface area contributed by atoms with E-state index in [1.165, 1.54) is 116 Å². The highest BCUT2D eigenvalue weighted by Crippen LogP contribution is 2.26. The van der Waals surface area contributed by atoms with Crippen molar-refractivity contribution in [2.45, 2.75) is 248 Å². The average molecular weight is 851 g/mol. The van der Waals surface area contributed by atoms with Gasteiger partial charge in [0.05, 0.1) is 26.4 Å². The Kier molecular flexibility index (Phi) is 31.6. The van der Waals surface area contributed by atoms with Crippen LogP contribution in [0.1, 0.15) is 181 Å². The molecule has 11 unspecified atom stereocenters. The Hall–Kier alpha value is -1.01. The summed E-state index contributed by atoms with van der Waals surface area (Å²) in [6.07, 6.45) is 14.7. The molecule has 2 saturated heterocycles. The fourth-order valence-electron chi connectivity index (χ4n) is 7.70. The highest BCUT2D eigenvalue weighted by Gasteiger charge is 2.47. The largest absolute Gasteiger partial charge is 0.457 e. The average Bonchev–Trinajstić information content (AvgIpc) is 3.23. The minimum absolute atomic E-state index is 0.0684. The first kappa shape index (κ1) is 54.1. The number of hydrogen-bond donors (Lipinski definition) is 7. The third-order valence-electron chi connectivity index (χ3n) is 11.6. The number of ether oxygens (including phenoxy) is 6. The van der Waals surface area contributed by atoms with Crippen molar-refractivity contribution >= 4 is 5.97 Å². The van der Waals surface area contributed by atoms with Gasteiger partial charge in [-0.3, -0.25) is 4.79 Å². The fraction of sp³-hybridized carbons (Fsp3) is 0.978. The van der Waals surface area contributed by atoms with Crippen LogP contribution in [0.3, 0.4) is 0 Å². The lowest BCUT2D eigenvalue weighted by atomic mass is 9.98. The van der Waals surface area contributed by atoms with Gasteiger partial charge >= 0.3 is 5.97 Å². The zero-order valence-electron chi connectivity index (χ0n) is 36.8. The highest BCUT2D eigenvalue weighted by molar-refractivity contribution is 5.69. The summed E-state index contributed by atoms with van der Waals surface area (Å²) in [6.45, 7) is 3.68. The zero-order chi connectivity index (χ0) is 43.1. The maximum absolute atomic E-state index is 12.9. The Labute approximate surface area is 355 Å². The molecule has 2 rings (SSSR count). The van der Waals surface area contributed by atoms with Crippen molar-refractivity contribution < 1.29 is 69.0 Å². The van der Waals surface area contributed by atoms with Gasteiger partial charge in [0.1, 0.15) is 54.9 Å². The van der Waals surface area contributed by atoms with Crippen LogP contribution >= 0.6 is 0 Å². The van der Waals surface area contributed by atoms with Crippen molar-refractivity contribution in [3.63, 3.8) is 0 Å². The normalized spacial score (nSPS) is 27.9.